The lowest BCUT2D eigenvalue weighted by molar-refractivity contribution is -0.325. The standard InChI is InChI=1S/C6H6Cl2N2.ClH/c7-5-2-1-4(10-9)3-6(5)8;/h1-3,10H,9H2;1H. The lowest BCUT2D eigenvalue weighted by Crippen LogP contribution is -3.00. The van der Waals surface area contributed by atoms with Crippen molar-refractivity contribution in [1.29, 1.82) is 0 Å². The maximum atomic E-state index is 5.69. The molecule has 2 nitrogen and oxygen atoms in total. The van der Waals surface area contributed by atoms with E-state index in [-0.39, 0.29) is 12.4 Å². The quantitative estimate of drug-likeness (QED) is 0.552. The summed E-state index contributed by atoms with van der Waals surface area (Å²) in [6.07, 6.45) is 0. The van der Waals surface area contributed by atoms with Crippen LogP contribution in [0, 0.1) is 0 Å². The van der Waals surface area contributed by atoms with Crippen molar-refractivity contribution in [3.63, 3.8) is 0 Å². The minimum absolute atomic E-state index is 0. The summed E-state index contributed by atoms with van der Waals surface area (Å²) < 4.78 is 0. The lowest BCUT2D eigenvalue weighted by atomic mass is 10.3. The van der Waals surface area contributed by atoms with Gasteiger partial charge in [0.05, 0.1) is 15.7 Å². The Balaban J connectivity index is 0.000001000. The van der Waals surface area contributed by atoms with Crippen molar-refractivity contribution in [3.05, 3.63) is 28.2 Å². The number of hydrogen-bond acceptors (Lipinski definition) is 1. The smallest absolute Gasteiger partial charge is 0.0863 e. The fourth-order valence-electron chi connectivity index (χ4n) is 0.606. The van der Waals surface area contributed by atoms with Crippen LogP contribution < -0.4 is 23.7 Å². The van der Waals surface area contributed by atoms with Gasteiger partial charge in [-0.05, 0) is 18.2 Å². The van der Waals surface area contributed by atoms with Crippen LogP contribution in [0.1, 0.15) is 0 Å². The van der Waals surface area contributed by atoms with Crippen LogP contribution in [0.4, 0.5) is 5.69 Å². The number of rotatable bonds is 1. The Morgan fingerprint density at radius 3 is 2.27 bits per heavy atom. The van der Waals surface area contributed by atoms with Crippen molar-refractivity contribution >= 4 is 28.9 Å². The van der Waals surface area contributed by atoms with Gasteiger partial charge in [0.1, 0.15) is 0 Å². The first-order valence-corrected chi connectivity index (χ1v) is 3.48. The van der Waals surface area contributed by atoms with E-state index in [1.165, 1.54) is 0 Å². The van der Waals surface area contributed by atoms with Gasteiger partial charge in [-0.1, -0.05) is 23.2 Å². The monoisotopic (exact) mass is 212 g/mol. The fraction of sp³-hybridized carbons (Fsp3) is 0. The second kappa shape index (κ2) is 4.67. The predicted octanol–water partition coefficient (Wildman–Crippen LogP) is -1.43. The van der Waals surface area contributed by atoms with E-state index < -0.39 is 0 Å². The van der Waals surface area contributed by atoms with Gasteiger partial charge in [-0.15, -0.1) is 0 Å². The summed E-state index contributed by atoms with van der Waals surface area (Å²) in [6, 6.07) is 5.25. The molecular weight excluding hydrogens is 206 g/mol. The van der Waals surface area contributed by atoms with Gasteiger partial charge in [-0.2, -0.15) is 0 Å². The molecule has 0 bridgehead atoms. The van der Waals surface area contributed by atoms with Crippen molar-refractivity contribution in [2.45, 2.75) is 0 Å². The van der Waals surface area contributed by atoms with E-state index in [4.69, 9.17) is 23.2 Å². The van der Waals surface area contributed by atoms with Crippen LogP contribution in [0.3, 0.4) is 0 Å². The van der Waals surface area contributed by atoms with Crippen molar-refractivity contribution in [1.82, 2.24) is 0 Å². The number of halogens is 3. The van der Waals surface area contributed by atoms with Gasteiger partial charge in [0.15, 0.2) is 0 Å². The van der Waals surface area contributed by atoms with Gasteiger partial charge in [-0.3, -0.25) is 5.84 Å². The molecule has 4 N–H and O–H groups in total. The summed E-state index contributed by atoms with van der Waals surface area (Å²) in [4.78, 5) is 0. The van der Waals surface area contributed by atoms with Crippen molar-refractivity contribution in [2.75, 3.05) is 5.43 Å². The summed E-state index contributed by atoms with van der Waals surface area (Å²) in [7, 11) is 0. The predicted molar refractivity (Wildman–Crippen MR) is 43.0 cm³/mol. The minimum Gasteiger partial charge on any atom is -1.00 e. The Kier molecular flexibility index (Phi) is 4.61. The minimum atomic E-state index is 0. The van der Waals surface area contributed by atoms with Gasteiger partial charge in [0.25, 0.3) is 0 Å². The first-order chi connectivity index (χ1) is 4.74. The van der Waals surface area contributed by atoms with Crippen LogP contribution in [0.15, 0.2) is 18.2 Å². The van der Waals surface area contributed by atoms with E-state index in [2.05, 4.69) is 11.3 Å². The Morgan fingerprint density at radius 2 is 1.82 bits per heavy atom. The van der Waals surface area contributed by atoms with Crippen LogP contribution in [0.2, 0.25) is 10.0 Å². The van der Waals surface area contributed by atoms with Crippen LogP contribution in [-0.4, -0.2) is 0 Å². The fourth-order valence-corrected chi connectivity index (χ4v) is 0.904. The van der Waals surface area contributed by atoms with Gasteiger partial charge in [-0.25, -0.2) is 5.43 Å². The van der Waals surface area contributed by atoms with E-state index in [0.717, 1.165) is 5.69 Å². The third-order valence-electron chi connectivity index (χ3n) is 1.12. The molecule has 62 valence electrons. The number of nitrogens with one attached hydrogen (secondary N) is 1. The number of benzene rings is 1. The molecule has 0 aliphatic rings. The van der Waals surface area contributed by atoms with Crippen LogP contribution >= 0.6 is 23.2 Å². The highest BCUT2D eigenvalue weighted by atomic mass is 35.5. The highest BCUT2D eigenvalue weighted by Gasteiger charge is 1.97. The average Bonchev–Trinajstić information content (AvgIpc) is 1.95. The molecule has 0 fully saturated rings. The molecule has 0 aliphatic heterocycles. The number of hydrogen-bond donors (Lipinski definition) is 2. The summed E-state index contributed by atoms with van der Waals surface area (Å²) in [5, 5.41) is 1.09. The molecule has 1 aromatic rings. The van der Waals surface area contributed by atoms with E-state index in [0.29, 0.717) is 10.0 Å². The van der Waals surface area contributed by atoms with Crippen LogP contribution in [0.5, 0.6) is 0 Å². The molecule has 0 saturated carbocycles. The third kappa shape index (κ3) is 2.75. The van der Waals surface area contributed by atoms with Crippen molar-refractivity contribution in [3.8, 4) is 0 Å². The van der Waals surface area contributed by atoms with Gasteiger partial charge < -0.3 is 12.4 Å². The van der Waals surface area contributed by atoms with Crippen molar-refractivity contribution in [2.24, 2.45) is 0 Å². The second-order valence-corrected chi connectivity index (χ2v) is 2.62. The van der Waals surface area contributed by atoms with E-state index >= 15 is 0 Å². The first-order valence-electron chi connectivity index (χ1n) is 2.72. The van der Waals surface area contributed by atoms with Crippen LogP contribution in [-0.2, 0) is 0 Å². The van der Waals surface area contributed by atoms with Gasteiger partial charge in [0, 0.05) is 0 Å². The van der Waals surface area contributed by atoms with E-state index in [9.17, 15) is 0 Å². The Hall–Kier alpha value is -0.150. The molecule has 0 unspecified atom stereocenters. The normalized spacial score (nSPS) is 8.64. The molecule has 0 aliphatic carbocycles. The zero-order valence-electron chi connectivity index (χ0n) is 5.57. The molecule has 0 spiro atoms. The number of anilines is 1. The molecule has 0 radical (unpaired) electrons. The average molecular weight is 213 g/mol. The molecule has 0 amide bonds. The largest absolute Gasteiger partial charge is 1.00 e. The highest BCUT2D eigenvalue weighted by Crippen LogP contribution is 2.23. The summed E-state index contributed by atoms with van der Waals surface area (Å²) in [5.74, 6) is 3.47. The molecule has 11 heavy (non-hydrogen) atoms. The lowest BCUT2D eigenvalue weighted by Gasteiger charge is -1.97. The molecular formula is C6H7Cl3N2. The highest BCUT2D eigenvalue weighted by molar-refractivity contribution is 6.42. The van der Waals surface area contributed by atoms with Crippen molar-refractivity contribution < 1.29 is 18.2 Å². The molecule has 1 rings (SSSR count). The zero-order valence-corrected chi connectivity index (χ0v) is 7.84. The topological polar surface area (TPSA) is 39.7 Å². The zero-order chi connectivity index (χ0) is 7.56. The molecule has 0 saturated heterocycles. The molecule has 0 heterocycles. The van der Waals surface area contributed by atoms with E-state index in [1.54, 1.807) is 18.2 Å². The maximum Gasteiger partial charge on any atom is 0.0863 e. The third-order valence-corrected chi connectivity index (χ3v) is 1.86. The first kappa shape index (κ1) is 10.8. The summed E-state index contributed by atoms with van der Waals surface area (Å²) in [6.45, 7) is 0. The molecule has 1 aromatic carbocycles. The maximum absolute atomic E-state index is 5.69. The van der Waals surface area contributed by atoms with Crippen LogP contribution in [0.25, 0.3) is 0 Å². The Labute approximate surface area is 81.1 Å². The van der Waals surface area contributed by atoms with Gasteiger partial charge >= 0.3 is 0 Å². The summed E-state index contributed by atoms with van der Waals surface area (Å²) >= 11 is 11.4. The molecule has 5 heteroatoms. The summed E-state index contributed by atoms with van der Waals surface area (Å²) in [5.41, 5.74) is 3.56. The van der Waals surface area contributed by atoms with E-state index in [1.807, 2.05) is 0 Å². The molecule has 0 atom stereocenters. The SMILES string of the molecule is [Cl-].[NH3+]Nc1ccc(Cl)c(Cl)c1. The number of quaternary nitrogens is 1. The Bertz CT molecular complexity index is 239. The van der Waals surface area contributed by atoms with Gasteiger partial charge in [0.2, 0.25) is 0 Å². The molecule has 0 aromatic heterocycles. The second-order valence-electron chi connectivity index (χ2n) is 1.81. The Morgan fingerprint density at radius 1 is 1.18 bits per heavy atom.